The summed E-state index contributed by atoms with van der Waals surface area (Å²) in [6.07, 6.45) is 3.02. The number of benzene rings is 1. The lowest BCUT2D eigenvalue weighted by atomic mass is 10.1. The van der Waals surface area contributed by atoms with Gasteiger partial charge in [0.25, 0.3) is 0 Å². The molecular formula is C11H8N4. The van der Waals surface area contributed by atoms with Crippen LogP contribution in [-0.4, -0.2) is 9.97 Å². The van der Waals surface area contributed by atoms with Crippen molar-refractivity contribution in [2.24, 2.45) is 0 Å². The molecular weight excluding hydrogens is 188 g/mol. The zero-order chi connectivity index (χ0) is 10.7. The molecule has 4 nitrogen and oxygen atoms in total. The monoisotopic (exact) mass is 196 g/mol. The summed E-state index contributed by atoms with van der Waals surface area (Å²) in [6.45, 7) is 0. The van der Waals surface area contributed by atoms with E-state index in [0.29, 0.717) is 11.4 Å². The van der Waals surface area contributed by atoms with Crippen LogP contribution in [0.5, 0.6) is 0 Å². The highest BCUT2D eigenvalue weighted by Crippen LogP contribution is 2.16. The zero-order valence-electron chi connectivity index (χ0n) is 7.88. The molecule has 0 spiro atoms. The molecule has 0 aliphatic heterocycles. The van der Waals surface area contributed by atoms with Crippen LogP contribution in [0.1, 0.15) is 5.69 Å². The second-order valence-corrected chi connectivity index (χ2v) is 3.02. The van der Waals surface area contributed by atoms with E-state index in [4.69, 9.17) is 11.0 Å². The molecule has 0 amide bonds. The van der Waals surface area contributed by atoms with Crippen molar-refractivity contribution in [3.05, 3.63) is 42.4 Å². The fourth-order valence-electron chi connectivity index (χ4n) is 1.19. The van der Waals surface area contributed by atoms with Gasteiger partial charge >= 0.3 is 0 Å². The molecule has 0 saturated carbocycles. The molecule has 0 aliphatic carbocycles. The van der Waals surface area contributed by atoms with E-state index in [2.05, 4.69) is 9.97 Å². The van der Waals surface area contributed by atoms with E-state index < -0.39 is 0 Å². The van der Waals surface area contributed by atoms with Gasteiger partial charge in [-0.25, -0.2) is 4.98 Å². The number of rotatable bonds is 1. The molecule has 1 heterocycles. The van der Waals surface area contributed by atoms with Crippen molar-refractivity contribution in [2.45, 2.75) is 0 Å². The van der Waals surface area contributed by atoms with E-state index in [9.17, 15) is 0 Å². The molecule has 0 unspecified atom stereocenters. The quantitative estimate of drug-likeness (QED) is 0.703. The third-order valence-corrected chi connectivity index (χ3v) is 1.97. The van der Waals surface area contributed by atoms with Crippen molar-refractivity contribution in [3.63, 3.8) is 0 Å². The number of anilines is 1. The van der Waals surface area contributed by atoms with Crippen LogP contribution in [0.4, 0.5) is 5.69 Å². The Hall–Kier alpha value is -2.41. The summed E-state index contributed by atoms with van der Waals surface area (Å²) in [5, 5.41) is 8.57. The second-order valence-electron chi connectivity index (χ2n) is 3.02. The number of nitriles is 1. The number of hydrogen-bond donors (Lipinski definition) is 1. The van der Waals surface area contributed by atoms with Gasteiger partial charge in [-0.1, -0.05) is 12.1 Å². The summed E-state index contributed by atoms with van der Waals surface area (Å²) < 4.78 is 0. The van der Waals surface area contributed by atoms with Crippen molar-refractivity contribution in [1.82, 2.24) is 9.97 Å². The highest BCUT2D eigenvalue weighted by Gasteiger charge is 1.99. The fourth-order valence-corrected chi connectivity index (χ4v) is 1.19. The molecule has 15 heavy (non-hydrogen) atoms. The van der Waals surface area contributed by atoms with Gasteiger partial charge in [-0.05, 0) is 12.1 Å². The van der Waals surface area contributed by atoms with Crippen LogP contribution in [0.25, 0.3) is 11.3 Å². The summed E-state index contributed by atoms with van der Waals surface area (Å²) in [5.74, 6) is 0. The highest BCUT2D eigenvalue weighted by atomic mass is 14.8. The van der Waals surface area contributed by atoms with Gasteiger partial charge in [0.2, 0.25) is 0 Å². The fraction of sp³-hybridized carbons (Fsp3) is 0. The Kier molecular flexibility index (Phi) is 2.30. The minimum Gasteiger partial charge on any atom is -0.399 e. The van der Waals surface area contributed by atoms with Gasteiger partial charge in [-0.15, -0.1) is 0 Å². The van der Waals surface area contributed by atoms with Crippen LogP contribution in [0.2, 0.25) is 0 Å². The Bertz CT molecular complexity index is 494. The molecule has 0 bridgehead atoms. The first-order valence-electron chi connectivity index (χ1n) is 4.37. The van der Waals surface area contributed by atoms with Crippen molar-refractivity contribution in [1.29, 1.82) is 5.26 Å². The molecule has 0 radical (unpaired) electrons. The Balaban J connectivity index is 2.38. The topological polar surface area (TPSA) is 75.6 Å². The number of hydrogen-bond acceptors (Lipinski definition) is 4. The molecule has 0 aliphatic rings. The van der Waals surface area contributed by atoms with E-state index in [1.165, 1.54) is 6.20 Å². The van der Waals surface area contributed by atoms with Gasteiger partial charge in [0.15, 0.2) is 5.69 Å². The van der Waals surface area contributed by atoms with E-state index in [1.807, 2.05) is 18.2 Å². The lowest BCUT2D eigenvalue weighted by molar-refractivity contribution is 1.17. The third-order valence-electron chi connectivity index (χ3n) is 1.97. The lowest BCUT2D eigenvalue weighted by Crippen LogP contribution is -1.89. The molecule has 72 valence electrons. The number of nitrogens with zero attached hydrogens (tertiary/aromatic N) is 3. The number of aromatic nitrogens is 2. The maximum atomic E-state index is 8.57. The molecule has 2 aromatic rings. The molecule has 1 aromatic heterocycles. The number of nitrogens with two attached hydrogens (primary N) is 1. The van der Waals surface area contributed by atoms with Gasteiger partial charge in [0.1, 0.15) is 6.07 Å². The second kappa shape index (κ2) is 3.76. The smallest absolute Gasteiger partial charge is 0.158 e. The standard InChI is InChI=1S/C11H8N4/c12-5-10-6-15-11(7-14-10)8-1-3-9(13)4-2-8/h1-4,6-7H,13H2. The summed E-state index contributed by atoms with van der Waals surface area (Å²) in [4.78, 5) is 8.06. The van der Waals surface area contributed by atoms with Crippen LogP contribution < -0.4 is 5.73 Å². The van der Waals surface area contributed by atoms with Gasteiger partial charge in [0, 0.05) is 11.3 Å². The largest absolute Gasteiger partial charge is 0.399 e. The van der Waals surface area contributed by atoms with Crippen LogP contribution in [0.15, 0.2) is 36.7 Å². The van der Waals surface area contributed by atoms with E-state index in [-0.39, 0.29) is 0 Å². The Labute approximate surface area is 87.0 Å². The first-order chi connectivity index (χ1) is 7.29. The average Bonchev–Trinajstić information content (AvgIpc) is 2.30. The van der Waals surface area contributed by atoms with Crippen LogP contribution in [0, 0.1) is 11.3 Å². The lowest BCUT2D eigenvalue weighted by Gasteiger charge is -2.00. The van der Waals surface area contributed by atoms with Gasteiger partial charge in [0.05, 0.1) is 18.1 Å². The van der Waals surface area contributed by atoms with Crippen LogP contribution in [-0.2, 0) is 0 Å². The third kappa shape index (κ3) is 1.92. The molecule has 0 fully saturated rings. The summed E-state index contributed by atoms with van der Waals surface area (Å²) in [5.41, 5.74) is 8.26. The predicted octanol–water partition coefficient (Wildman–Crippen LogP) is 1.60. The van der Waals surface area contributed by atoms with Gasteiger partial charge in [-0.2, -0.15) is 5.26 Å². The van der Waals surface area contributed by atoms with E-state index in [0.717, 1.165) is 11.3 Å². The van der Waals surface area contributed by atoms with E-state index in [1.54, 1.807) is 18.3 Å². The number of nitrogen functional groups attached to an aromatic ring is 1. The maximum Gasteiger partial charge on any atom is 0.158 e. The predicted molar refractivity (Wildman–Crippen MR) is 56.6 cm³/mol. The van der Waals surface area contributed by atoms with E-state index >= 15 is 0 Å². The van der Waals surface area contributed by atoms with Crippen molar-refractivity contribution in [3.8, 4) is 17.3 Å². The highest BCUT2D eigenvalue weighted by molar-refractivity contribution is 5.61. The zero-order valence-corrected chi connectivity index (χ0v) is 7.88. The van der Waals surface area contributed by atoms with Crippen molar-refractivity contribution < 1.29 is 0 Å². The normalized spacial score (nSPS) is 9.53. The minimum atomic E-state index is 0.314. The molecule has 2 rings (SSSR count). The Morgan fingerprint density at radius 2 is 1.80 bits per heavy atom. The summed E-state index contributed by atoms with van der Waals surface area (Å²) in [6, 6.07) is 9.26. The van der Waals surface area contributed by atoms with Crippen LogP contribution >= 0.6 is 0 Å². The molecule has 0 atom stereocenters. The SMILES string of the molecule is N#Cc1cnc(-c2ccc(N)cc2)cn1. The maximum absolute atomic E-state index is 8.57. The first-order valence-corrected chi connectivity index (χ1v) is 4.37. The molecule has 0 saturated heterocycles. The van der Waals surface area contributed by atoms with Crippen LogP contribution in [0.3, 0.4) is 0 Å². The van der Waals surface area contributed by atoms with Gasteiger partial charge in [-0.3, -0.25) is 4.98 Å². The minimum absolute atomic E-state index is 0.314. The Morgan fingerprint density at radius 3 is 2.33 bits per heavy atom. The molecule has 1 aromatic carbocycles. The van der Waals surface area contributed by atoms with Crippen molar-refractivity contribution in [2.75, 3.05) is 5.73 Å². The summed E-state index contributed by atoms with van der Waals surface area (Å²) >= 11 is 0. The molecule has 4 heteroatoms. The van der Waals surface area contributed by atoms with Gasteiger partial charge < -0.3 is 5.73 Å². The Morgan fingerprint density at radius 1 is 1.07 bits per heavy atom. The van der Waals surface area contributed by atoms with Crippen molar-refractivity contribution >= 4 is 5.69 Å². The molecule has 2 N–H and O–H groups in total. The average molecular weight is 196 g/mol. The summed E-state index contributed by atoms with van der Waals surface area (Å²) in [7, 11) is 0. The first kappa shape index (κ1) is 9.16.